The number of hydrogen-bond donors (Lipinski definition) is 3. The highest BCUT2D eigenvalue weighted by Gasteiger charge is 2.02. The zero-order valence-corrected chi connectivity index (χ0v) is 8.40. The zero-order valence-electron chi connectivity index (χ0n) is 8.40. The molecular formula is C10H13N3O2. The van der Waals surface area contributed by atoms with E-state index in [2.05, 4.69) is 10.5 Å². The lowest BCUT2D eigenvalue weighted by molar-refractivity contribution is -0.119. The van der Waals surface area contributed by atoms with Gasteiger partial charge >= 0.3 is 0 Å². The van der Waals surface area contributed by atoms with Gasteiger partial charge in [-0.15, -0.1) is 0 Å². The molecule has 0 aliphatic rings. The van der Waals surface area contributed by atoms with Crippen LogP contribution in [0.15, 0.2) is 29.4 Å². The number of amides is 1. The summed E-state index contributed by atoms with van der Waals surface area (Å²) in [4.78, 5) is 11.1. The Kier molecular flexibility index (Phi) is 3.68. The van der Waals surface area contributed by atoms with Crippen molar-refractivity contribution in [2.24, 2.45) is 10.9 Å². The Labute approximate surface area is 87.6 Å². The first-order valence-corrected chi connectivity index (χ1v) is 4.44. The SMILES string of the molecule is CNC(=O)Cc1ccc(/C(N)=N\O)cc1. The number of nitrogens with zero attached hydrogens (tertiary/aromatic N) is 1. The Bertz CT molecular complexity index is 371. The minimum absolute atomic E-state index is 0.0495. The molecule has 4 N–H and O–H groups in total. The van der Waals surface area contributed by atoms with E-state index in [0.717, 1.165) is 5.56 Å². The number of oxime groups is 1. The highest BCUT2D eigenvalue weighted by atomic mass is 16.4. The van der Waals surface area contributed by atoms with Gasteiger partial charge in [-0.25, -0.2) is 0 Å². The summed E-state index contributed by atoms with van der Waals surface area (Å²) in [6, 6.07) is 6.94. The van der Waals surface area contributed by atoms with Crippen LogP contribution in [-0.2, 0) is 11.2 Å². The molecule has 1 rings (SSSR count). The maximum absolute atomic E-state index is 11.1. The van der Waals surface area contributed by atoms with Gasteiger partial charge in [0, 0.05) is 12.6 Å². The van der Waals surface area contributed by atoms with Gasteiger partial charge in [0.1, 0.15) is 0 Å². The molecule has 0 unspecified atom stereocenters. The summed E-state index contributed by atoms with van der Waals surface area (Å²) < 4.78 is 0. The van der Waals surface area contributed by atoms with E-state index in [0.29, 0.717) is 12.0 Å². The number of amidine groups is 1. The molecule has 5 heteroatoms. The van der Waals surface area contributed by atoms with Gasteiger partial charge in [-0.05, 0) is 5.56 Å². The van der Waals surface area contributed by atoms with E-state index in [9.17, 15) is 4.79 Å². The molecular weight excluding hydrogens is 194 g/mol. The standard InChI is InChI=1S/C10H13N3O2/c1-12-9(14)6-7-2-4-8(5-3-7)10(11)13-15/h2-5,15H,6H2,1H3,(H2,11,13)(H,12,14). The zero-order chi connectivity index (χ0) is 11.3. The second-order valence-corrected chi connectivity index (χ2v) is 3.03. The second-order valence-electron chi connectivity index (χ2n) is 3.03. The van der Waals surface area contributed by atoms with Gasteiger partial charge in [0.2, 0.25) is 5.91 Å². The van der Waals surface area contributed by atoms with Gasteiger partial charge in [-0.3, -0.25) is 4.79 Å². The van der Waals surface area contributed by atoms with Gasteiger partial charge in [0.25, 0.3) is 0 Å². The summed E-state index contributed by atoms with van der Waals surface area (Å²) >= 11 is 0. The van der Waals surface area contributed by atoms with E-state index in [-0.39, 0.29) is 11.7 Å². The number of likely N-dealkylation sites (N-methyl/N-ethyl adjacent to an activating group) is 1. The molecule has 5 nitrogen and oxygen atoms in total. The van der Waals surface area contributed by atoms with Crippen molar-refractivity contribution in [3.63, 3.8) is 0 Å². The molecule has 15 heavy (non-hydrogen) atoms. The third-order valence-corrected chi connectivity index (χ3v) is 2.00. The molecule has 0 aliphatic carbocycles. The summed E-state index contributed by atoms with van der Waals surface area (Å²) in [7, 11) is 1.59. The molecule has 0 aromatic heterocycles. The van der Waals surface area contributed by atoms with E-state index < -0.39 is 0 Å². The molecule has 0 fully saturated rings. The van der Waals surface area contributed by atoms with Crippen LogP contribution in [0.3, 0.4) is 0 Å². The van der Waals surface area contributed by atoms with E-state index >= 15 is 0 Å². The molecule has 1 aromatic rings. The van der Waals surface area contributed by atoms with Crippen molar-refractivity contribution in [3.05, 3.63) is 35.4 Å². The first-order chi connectivity index (χ1) is 7.17. The molecule has 0 radical (unpaired) electrons. The van der Waals surface area contributed by atoms with E-state index in [1.54, 1.807) is 31.3 Å². The van der Waals surface area contributed by atoms with Gasteiger partial charge < -0.3 is 16.3 Å². The van der Waals surface area contributed by atoms with Crippen LogP contribution in [0.2, 0.25) is 0 Å². The van der Waals surface area contributed by atoms with Crippen molar-refractivity contribution in [1.29, 1.82) is 0 Å². The fourth-order valence-corrected chi connectivity index (χ4v) is 1.12. The normalized spacial score (nSPS) is 11.1. The lowest BCUT2D eigenvalue weighted by Crippen LogP contribution is -2.20. The van der Waals surface area contributed by atoms with Crippen LogP contribution in [0.4, 0.5) is 0 Å². The molecule has 0 atom stereocenters. The number of carbonyl (C=O) groups excluding carboxylic acids is 1. The Morgan fingerprint density at radius 2 is 2.07 bits per heavy atom. The molecule has 0 saturated carbocycles. The van der Waals surface area contributed by atoms with Crippen LogP contribution in [0.25, 0.3) is 0 Å². The number of benzene rings is 1. The minimum Gasteiger partial charge on any atom is -0.409 e. The number of carbonyl (C=O) groups is 1. The first-order valence-electron chi connectivity index (χ1n) is 4.44. The number of rotatable bonds is 3. The van der Waals surface area contributed by atoms with Crippen LogP contribution in [0.5, 0.6) is 0 Å². The summed E-state index contributed by atoms with van der Waals surface area (Å²) in [5.74, 6) is 0.00744. The fourth-order valence-electron chi connectivity index (χ4n) is 1.12. The van der Waals surface area contributed by atoms with E-state index in [1.807, 2.05) is 0 Å². The molecule has 1 aromatic carbocycles. The van der Waals surface area contributed by atoms with E-state index in [4.69, 9.17) is 10.9 Å². The Morgan fingerprint density at radius 1 is 1.47 bits per heavy atom. The average Bonchev–Trinajstić information content (AvgIpc) is 2.29. The number of nitrogens with two attached hydrogens (primary N) is 1. The van der Waals surface area contributed by atoms with Crippen molar-refractivity contribution in [2.75, 3.05) is 7.05 Å². The Balaban J connectivity index is 2.77. The van der Waals surface area contributed by atoms with Crippen molar-refractivity contribution in [2.45, 2.75) is 6.42 Å². The molecule has 0 saturated heterocycles. The average molecular weight is 207 g/mol. The molecule has 80 valence electrons. The van der Waals surface area contributed by atoms with Crippen molar-refractivity contribution < 1.29 is 10.0 Å². The van der Waals surface area contributed by atoms with Crippen LogP contribution in [-0.4, -0.2) is 24.0 Å². The van der Waals surface area contributed by atoms with Crippen molar-refractivity contribution in [3.8, 4) is 0 Å². The third-order valence-electron chi connectivity index (χ3n) is 2.00. The fraction of sp³-hybridized carbons (Fsp3) is 0.200. The van der Waals surface area contributed by atoms with Crippen LogP contribution >= 0.6 is 0 Å². The summed E-state index contributed by atoms with van der Waals surface area (Å²) in [5, 5.41) is 13.9. The van der Waals surface area contributed by atoms with Crippen LogP contribution < -0.4 is 11.1 Å². The van der Waals surface area contributed by atoms with Crippen LogP contribution in [0, 0.1) is 0 Å². The molecule has 0 spiro atoms. The molecule has 1 amide bonds. The topological polar surface area (TPSA) is 87.7 Å². The first kappa shape index (κ1) is 11.0. The minimum atomic E-state index is -0.0495. The monoisotopic (exact) mass is 207 g/mol. The summed E-state index contributed by atoms with van der Waals surface area (Å²) in [6.07, 6.45) is 0.326. The highest BCUT2D eigenvalue weighted by Crippen LogP contribution is 2.04. The number of hydrogen-bond acceptors (Lipinski definition) is 3. The Hall–Kier alpha value is -2.04. The lowest BCUT2D eigenvalue weighted by atomic mass is 10.1. The largest absolute Gasteiger partial charge is 0.409 e. The third kappa shape index (κ3) is 2.98. The quantitative estimate of drug-likeness (QED) is 0.283. The van der Waals surface area contributed by atoms with Gasteiger partial charge in [0.15, 0.2) is 5.84 Å². The molecule has 0 aliphatic heterocycles. The predicted octanol–water partition coefficient (Wildman–Crippen LogP) is 0.0696. The van der Waals surface area contributed by atoms with E-state index in [1.165, 1.54) is 0 Å². The maximum atomic E-state index is 11.1. The Morgan fingerprint density at radius 3 is 2.53 bits per heavy atom. The van der Waals surface area contributed by atoms with Crippen molar-refractivity contribution >= 4 is 11.7 Å². The predicted molar refractivity (Wildman–Crippen MR) is 56.7 cm³/mol. The summed E-state index contributed by atoms with van der Waals surface area (Å²) in [6.45, 7) is 0. The maximum Gasteiger partial charge on any atom is 0.224 e. The molecule has 0 bridgehead atoms. The number of nitrogens with one attached hydrogen (secondary N) is 1. The summed E-state index contributed by atoms with van der Waals surface area (Å²) in [5.41, 5.74) is 6.89. The smallest absolute Gasteiger partial charge is 0.224 e. The van der Waals surface area contributed by atoms with Crippen molar-refractivity contribution in [1.82, 2.24) is 5.32 Å². The van der Waals surface area contributed by atoms with Gasteiger partial charge in [0.05, 0.1) is 6.42 Å². The van der Waals surface area contributed by atoms with Crippen LogP contribution in [0.1, 0.15) is 11.1 Å². The lowest BCUT2D eigenvalue weighted by Gasteiger charge is -2.02. The van der Waals surface area contributed by atoms with Gasteiger partial charge in [-0.1, -0.05) is 29.4 Å². The van der Waals surface area contributed by atoms with Gasteiger partial charge in [-0.2, -0.15) is 0 Å². The second kappa shape index (κ2) is 4.99. The highest BCUT2D eigenvalue weighted by molar-refractivity contribution is 5.97. The molecule has 0 heterocycles.